The number of β-amino-alcohol motifs (C(OH)–C–C–N with tert-alkyl or cyclic N) is 1. The van der Waals surface area contributed by atoms with Crippen LogP contribution in [0.4, 0.5) is 0 Å². The molecule has 2 saturated heterocycles. The lowest BCUT2D eigenvalue weighted by molar-refractivity contribution is -0.133. The van der Waals surface area contributed by atoms with Crippen LogP contribution in [0.5, 0.6) is 0 Å². The van der Waals surface area contributed by atoms with E-state index in [1.165, 1.54) is 25.7 Å². The first-order chi connectivity index (χ1) is 8.55. The molecule has 3 rings (SSSR count). The van der Waals surface area contributed by atoms with E-state index >= 15 is 0 Å². The highest BCUT2D eigenvalue weighted by atomic mass is 16.3. The summed E-state index contributed by atoms with van der Waals surface area (Å²) in [7, 11) is 0. The Labute approximate surface area is 109 Å². The monoisotopic (exact) mass is 252 g/mol. The SMILES string of the molecule is CC1(O)CCN(C(=O)C2CC3CCCCC3N2)C1. The minimum atomic E-state index is -0.680. The standard InChI is InChI=1S/C14H24N2O2/c1-14(18)6-7-16(9-14)13(17)12-8-10-4-2-3-5-11(10)15-12/h10-12,15,18H,2-9H2,1H3. The van der Waals surface area contributed by atoms with Crippen LogP contribution in [0.15, 0.2) is 0 Å². The quantitative estimate of drug-likeness (QED) is 0.729. The van der Waals surface area contributed by atoms with Gasteiger partial charge in [0.2, 0.25) is 5.91 Å². The summed E-state index contributed by atoms with van der Waals surface area (Å²) in [6.45, 7) is 3.03. The second-order valence-electron chi connectivity index (χ2n) is 6.61. The van der Waals surface area contributed by atoms with E-state index in [2.05, 4.69) is 5.32 Å². The largest absolute Gasteiger partial charge is 0.388 e. The Kier molecular flexibility index (Phi) is 3.10. The second-order valence-corrected chi connectivity index (χ2v) is 6.61. The van der Waals surface area contributed by atoms with Crippen LogP contribution in [0.3, 0.4) is 0 Å². The Balaban J connectivity index is 1.61. The number of nitrogens with zero attached hydrogens (tertiary/aromatic N) is 1. The van der Waals surface area contributed by atoms with Gasteiger partial charge in [-0.05, 0) is 38.5 Å². The molecule has 4 heteroatoms. The molecule has 1 amide bonds. The van der Waals surface area contributed by atoms with Gasteiger partial charge < -0.3 is 15.3 Å². The lowest BCUT2D eigenvalue weighted by atomic mass is 9.85. The van der Waals surface area contributed by atoms with E-state index in [-0.39, 0.29) is 11.9 Å². The number of hydrogen-bond acceptors (Lipinski definition) is 3. The molecule has 102 valence electrons. The van der Waals surface area contributed by atoms with E-state index in [4.69, 9.17) is 0 Å². The van der Waals surface area contributed by atoms with Crippen LogP contribution in [0.1, 0.15) is 45.4 Å². The summed E-state index contributed by atoms with van der Waals surface area (Å²) in [6, 6.07) is 0.572. The molecule has 2 aliphatic heterocycles. The summed E-state index contributed by atoms with van der Waals surface area (Å²) in [5.74, 6) is 0.915. The molecule has 0 aromatic rings. The molecule has 2 heterocycles. The maximum absolute atomic E-state index is 12.4. The van der Waals surface area contributed by atoms with Crippen molar-refractivity contribution < 1.29 is 9.90 Å². The fourth-order valence-electron chi connectivity index (χ4n) is 3.86. The molecule has 1 saturated carbocycles. The number of hydrogen-bond donors (Lipinski definition) is 2. The van der Waals surface area contributed by atoms with E-state index in [0.29, 0.717) is 31.5 Å². The van der Waals surface area contributed by atoms with Gasteiger partial charge >= 0.3 is 0 Å². The summed E-state index contributed by atoms with van der Waals surface area (Å²) in [4.78, 5) is 14.3. The third-order valence-corrected chi connectivity index (χ3v) is 4.92. The summed E-state index contributed by atoms with van der Waals surface area (Å²) >= 11 is 0. The number of carbonyl (C=O) groups is 1. The minimum Gasteiger partial charge on any atom is -0.388 e. The highest BCUT2D eigenvalue weighted by molar-refractivity contribution is 5.82. The molecule has 0 radical (unpaired) electrons. The summed E-state index contributed by atoms with van der Waals surface area (Å²) < 4.78 is 0. The van der Waals surface area contributed by atoms with Gasteiger partial charge in [0.25, 0.3) is 0 Å². The molecule has 4 nitrogen and oxygen atoms in total. The van der Waals surface area contributed by atoms with E-state index in [1.54, 1.807) is 0 Å². The highest BCUT2D eigenvalue weighted by Gasteiger charge is 2.42. The Morgan fingerprint density at radius 2 is 2.17 bits per heavy atom. The van der Waals surface area contributed by atoms with Gasteiger partial charge in [0.1, 0.15) is 0 Å². The topological polar surface area (TPSA) is 52.6 Å². The average Bonchev–Trinajstić information content (AvgIpc) is 2.91. The number of fused-ring (bicyclic) bond motifs is 1. The third kappa shape index (κ3) is 2.28. The van der Waals surface area contributed by atoms with Gasteiger partial charge in [-0.25, -0.2) is 0 Å². The maximum atomic E-state index is 12.4. The molecule has 4 unspecified atom stereocenters. The molecular weight excluding hydrogens is 228 g/mol. The molecule has 1 aliphatic carbocycles. The Bertz CT molecular complexity index is 329. The summed E-state index contributed by atoms with van der Waals surface area (Å²) in [6.07, 6.45) is 6.83. The van der Waals surface area contributed by atoms with Crippen molar-refractivity contribution in [3.05, 3.63) is 0 Å². The molecule has 4 atom stereocenters. The minimum absolute atomic E-state index is 0.00648. The normalized spacial score (nSPS) is 44.1. The molecule has 0 spiro atoms. The smallest absolute Gasteiger partial charge is 0.239 e. The summed E-state index contributed by atoms with van der Waals surface area (Å²) in [5.41, 5.74) is -0.680. The van der Waals surface area contributed by atoms with Gasteiger partial charge in [-0.2, -0.15) is 0 Å². The number of carbonyl (C=O) groups excluding carboxylic acids is 1. The lowest BCUT2D eigenvalue weighted by Gasteiger charge is -2.24. The zero-order chi connectivity index (χ0) is 12.8. The molecule has 18 heavy (non-hydrogen) atoms. The second kappa shape index (κ2) is 4.49. The molecule has 2 N–H and O–H groups in total. The van der Waals surface area contributed by atoms with Gasteiger partial charge in [-0.3, -0.25) is 4.79 Å². The average molecular weight is 252 g/mol. The first-order valence-electron chi connectivity index (χ1n) is 7.32. The molecule has 0 aromatic carbocycles. The third-order valence-electron chi connectivity index (χ3n) is 4.92. The number of nitrogens with one attached hydrogen (secondary N) is 1. The van der Waals surface area contributed by atoms with Crippen molar-refractivity contribution in [2.75, 3.05) is 13.1 Å². The zero-order valence-electron chi connectivity index (χ0n) is 11.2. The Hall–Kier alpha value is -0.610. The Morgan fingerprint density at radius 3 is 2.83 bits per heavy atom. The number of rotatable bonds is 1. The molecule has 0 aromatic heterocycles. The van der Waals surface area contributed by atoms with Crippen molar-refractivity contribution in [2.45, 2.75) is 63.1 Å². The van der Waals surface area contributed by atoms with Crippen molar-refractivity contribution in [3.8, 4) is 0 Å². The van der Waals surface area contributed by atoms with E-state index in [9.17, 15) is 9.90 Å². The van der Waals surface area contributed by atoms with Crippen LogP contribution in [-0.4, -0.2) is 46.7 Å². The molecule has 0 bridgehead atoms. The molecule has 3 fully saturated rings. The van der Waals surface area contributed by atoms with Crippen LogP contribution >= 0.6 is 0 Å². The van der Waals surface area contributed by atoms with Gasteiger partial charge in [-0.15, -0.1) is 0 Å². The van der Waals surface area contributed by atoms with Crippen LogP contribution in [0, 0.1) is 5.92 Å². The maximum Gasteiger partial charge on any atom is 0.239 e. The first kappa shape index (κ1) is 12.4. The van der Waals surface area contributed by atoms with Crippen molar-refractivity contribution in [1.29, 1.82) is 0 Å². The number of aliphatic hydroxyl groups is 1. The lowest BCUT2D eigenvalue weighted by Crippen LogP contribution is -2.45. The number of amides is 1. The number of likely N-dealkylation sites (tertiary alicyclic amines) is 1. The van der Waals surface area contributed by atoms with E-state index < -0.39 is 5.60 Å². The van der Waals surface area contributed by atoms with Crippen molar-refractivity contribution >= 4 is 5.91 Å². The Morgan fingerprint density at radius 1 is 1.39 bits per heavy atom. The van der Waals surface area contributed by atoms with E-state index in [0.717, 1.165) is 6.42 Å². The molecule has 3 aliphatic rings. The van der Waals surface area contributed by atoms with Crippen LogP contribution in [0.2, 0.25) is 0 Å². The van der Waals surface area contributed by atoms with Crippen molar-refractivity contribution in [1.82, 2.24) is 10.2 Å². The van der Waals surface area contributed by atoms with Crippen LogP contribution < -0.4 is 5.32 Å². The zero-order valence-corrected chi connectivity index (χ0v) is 11.2. The van der Waals surface area contributed by atoms with Crippen LogP contribution in [-0.2, 0) is 4.79 Å². The van der Waals surface area contributed by atoms with Gasteiger partial charge in [0, 0.05) is 19.1 Å². The predicted octanol–water partition coefficient (Wildman–Crippen LogP) is 0.890. The first-order valence-corrected chi connectivity index (χ1v) is 7.32. The van der Waals surface area contributed by atoms with Gasteiger partial charge in [0.05, 0.1) is 11.6 Å². The fourth-order valence-corrected chi connectivity index (χ4v) is 3.86. The predicted molar refractivity (Wildman–Crippen MR) is 69.1 cm³/mol. The van der Waals surface area contributed by atoms with Gasteiger partial charge in [0.15, 0.2) is 0 Å². The van der Waals surface area contributed by atoms with E-state index in [1.807, 2.05) is 11.8 Å². The van der Waals surface area contributed by atoms with Crippen LogP contribution in [0.25, 0.3) is 0 Å². The van der Waals surface area contributed by atoms with Crippen molar-refractivity contribution in [2.24, 2.45) is 5.92 Å². The summed E-state index contributed by atoms with van der Waals surface area (Å²) in [5, 5.41) is 13.5. The fraction of sp³-hybridized carbons (Fsp3) is 0.929. The highest BCUT2D eigenvalue weighted by Crippen LogP contribution is 2.34. The van der Waals surface area contributed by atoms with Crippen molar-refractivity contribution in [3.63, 3.8) is 0 Å². The van der Waals surface area contributed by atoms with Gasteiger partial charge in [-0.1, -0.05) is 12.8 Å². The molecular formula is C14H24N2O2.